The Morgan fingerprint density at radius 3 is 2.57 bits per heavy atom. The number of nitrogens with one attached hydrogen (secondary N) is 1. The minimum Gasteiger partial charge on any atom is -0.387 e. The Balaban J connectivity index is 1.75. The molecule has 10 heteroatoms. The van der Waals surface area contributed by atoms with Crippen LogP contribution in [0.25, 0.3) is 11.3 Å². The van der Waals surface area contributed by atoms with E-state index in [1.807, 2.05) is 0 Å². The van der Waals surface area contributed by atoms with Crippen molar-refractivity contribution in [1.29, 1.82) is 5.26 Å². The first-order chi connectivity index (χ1) is 14.2. The van der Waals surface area contributed by atoms with Gasteiger partial charge in [-0.05, 0) is 29.8 Å². The van der Waals surface area contributed by atoms with Gasteiger partial charge in [-0.25, -0.2) is 14.4 Å². The minimum atomic E-state index is -4.56. The number of alkyl halides is 3. The fourth-order valence-electron chi connectivity index (χ4n) is 2.67. The molecule has 2 N–H and O–H groups in total. The maximum absolute atomic E-state index is 13.4. The van der Waals surface area contributed by atoms with E-state index in [1.165, 1.54) is 30.6 Å². The van der Waals surface area contributed by atoms with Crippen molar-refractivity contribution in [3.63, 3.8) is 0 Å². The molecular weight excluding hydrogens is 424 g/mol. The highest BCUT2D eigenvalue weighted by atomic mass is 35.5. The Morgan fingerprint density at radius 2 is 1.90 bits per heavy atom. The molecule has 1 atom stereocenters. The molecule has 154 valence electrons. The van der Waals surface area contributed by atoms with Crippen molar-refractivity contribution >= 4 is 17.4 Å². The first-order valence-electron chi connectivity index (χ1n) is 8.49. The van der Waals surface area contributed by atoms with Gasteiger partial charge in [0.25, 0.3) is 0 Å². The third-order valence-corrected chi connectivity index (χ3v) is 4.52. The van der Waals surface area contributed by atoms with Crippen LogP contribution in [0, 0.1) is 17.1 Å². The number of aromatic nitrogens is 2. The standard InChI is InChI=1S/C20H13ClF4N4O/c21-15-6-11(1-3-14(15)20(23,24)25)17-7-19(29-10-28-17)27-9-18(30)12-2-4-16(22)13(5-12)8-26/h1-7,10,18,30H,9H2,(H,27,28,29). The molecule has 0 bridgehead atoms. The summed E-state index contributed by atoms with van der Waals surface area (Å²) in [7, 11) is 0. The SMILES string of the molecule is N#Cc1cc(C(O)CNc2cc(-c3ccc(C(F)(F)F)c(Cl)c3)ncn2)ccc1F. The van der Waals surface area contributed by atoms with Crippen LogP contribution in [0.1, 0.15) is 22.8 Å². The molecule has 1 heterocycles. The predicted octanol–water partition coefficient (Wildman–Crippen LogP) is 4.97. The summed E-state index contributed by atoms with van der Waals surface area (Å²) in [5.41, 5.74) is -0.110. The molecule has 0 radical (unpaired) electrons. The molecule has 0 amide bonds. The van der Waals surface area contributed by atoms with E-state index in [0.29, 0.717) is 22.6 Å². The van der Waals surface area contributed by atoms with Crippen LogP contribution in [-0.4, -0.2) is 21.6 Å². The topological polar surface area (TPSA) is 81.8 Å². The Bertz CT molecular complexity index is 1110. The van der Waals surface area contributed by atoms with Crippen LogP contribution in [0.2, 0.25) is 5.02 Å². The molecule has 0 saturated heterocycles. The fraction of sp³-hybridized carbons (Fsp3) is 0.150. The zero-order valence-corrected chi connectivity index (χ0v) is 15.8. The van der Waals surface area contributed by atoms with Crippen molar-refractivity contribution in [3.05, 3.63) is 76.3 Å². The highest BCUT2D eigenvalue weighted by Crippen LogP contribution is 2.36. The van der Waals surface area contributed by atoms with E-state index in [-0.39, 0.29) is 12.1 Å². The van der Waals surface area contributed by atoms with Crippen molar-refractivity contribution in [2.45, 2.75) is 12.3 Å². The molecule has 5 nitrogen and oxygen atoms in total. The number of rotatable bonds is 5. The van der Waals surface area contributed by atoms with Crippen molar-refractivity contribution < 1.29 is 22.7 Å². The third-order valence-electron chi connectivity index (χ3n) is 4.21. The zero-order valence-electron chi connectivity index (χ0n) is 15.1. The van der Waals surface area contributed by atoms with Crippen LogP contribution >= 0.6 is 11.6 Å². The highest BCUT2D eigenvalue weighted by Gasteiger charge is 2.33. The first kappa shape index (κ1) is 21.5. The van der Waals surface area contributed by atoms with Crippen molar-refractivity contribution in [1.82, 2.24) is 9.97 Å². The molecule has 30 heavy (non-hydrogen) atoms. The maximum Gasteiger partial charge on any atom is 0.417 e. The highest BCUT2D eigenvalue weighted by molar-refractivity contribution is 6.31. The molecule has 0 aliphatic heterocycles. The second kappa shape index (κ2) is 8.65. The molecule has 3 rings (SSSR count). The van der Waals surface area contributed by atoms with Crippen molar-refractivity contribution in [2.75, 3.05) is 11.9 Å². The van der Waals surface area contributed by atoms with E-state index < -0.39 is 28.7 Å². The van der Waals surface area contributed by atoms with E-state index in [2.05, 4.69) is 15.3 Å². The fourth-order valence-corrected chi connectivity index (χ4v) is 2.96. The lowest BCUT2D eigenvalue weighted by atomic mass is 10.1. The smallest absolute Gasteiger partial charge is 0.387 e. The van der Waals surface area contributed by atoms with Crippen LogP contribution in [0.3, 0.4) is 0 Å². The second-order valence-electron chi connectivity index (χ2n) is 6.23. The Hall–Kier alpha value is -3.22. The zero-order chi connectivity index (χ0) is 21.9. The van der Waals surface area contributed by atoms with Crippen LogP contribution < -0.4 is 5.32 Å². The van der Waals surface area contributed by atoms with E-state index in [0.717, 1.165) is 18.2 Å². The van der Waals surface area contributed by atoms with Gasteiger partial charge in [0, 0.05) is 18.2 Å². The van der Waals surface area contributed by atoms with Gasteiger partial charge in [-0.3, -0.25) is 0 Å². The molecule has 0 saturated carbocycles. The lowest BCUT2D eigenvalue weighted by Gasteiger charge is -2.14. The summed E-state index contributed by atoms with van der Waals surface area (Å²) in [5, 5.41) is 21.6. The number of nitriles is 1. The molecule has 0 spiro atoms. The number of halogens is 5. The van der Waals surface area contributed by atoms with Gasteiger partial charge in [-0.15, -0.1) is 0 Å². The largest absolute Gasteiger partial charge is 0.417 e. The maximum atomic E-state index is 13.4. The molecule has 3 aromatic rings. The van der Waals surface area contributed by atoms with Gasteiger partial charge in [-0.1, -0.05) is 23.7 Å². The number of hydrogen-bond acceptors (Lipinski definition) is 5. The minimum absolute atomic E-state index is 0.0132. The van der Waals surface area contributed by atoms with E-state index in [1.54, 1.807) is 6.07 Å². The number of aliphatic hydroxyl groups is 1. The summed E-state index contributed by atoms with van der Waals surface area (Å²) in [4.78, 5) is 8.03. The van der Waals surface area contributed by atoms with Gasteiger partial charge in [0.2, 0.25) is 0 Å². The Kier molecular flexibility index (Phi) is 6.20. The average molecular weight is 437 g/mol. The molecule has 0 aliphatic rings. The Labute approximate surface area is 173 Å². The summed E-state index contributed by atoms with van der Waals surface area (Å²) in [6, 6.07) is 10.2. The lowest BCUT2D eigenvalue weighted by Crippen LogP contribution is -2.13. The van der Waals surface area contributed by atoms with Crippen molar-refractivity contribution in [3.8, 4) is 17.3 Å². The van der Waals surface area contributed by atoms with Gasteiger partial charge in [0.1, 0.15) is 24.0 Å². The number of aliphatic hydroxyl groups excluding tert-OH is 1. The predicted molar refractivity (Wildman–Crippen MR) is 102 cm³/mol. The summed E-state index contributed by atoms with van der Waals surface area (Å²) in [6.07, 6.45) is -4.41. The van der Waals surface area contributed by atoms with E-state index in [4.69, 9.17) is 16.9 Å². The Morgan fingerprint density at radius 1 is 1.13 bits per heavy atom. The molecule has 0 aliphatic carbocycles. The molecule has 1 aromatic heterocycles. The van der Waals surface area contributed by atoms with Gasteiger partial charge in [-0.2, -0.15) is 18.4 Å². The summed E-state index contributed by atoms with van der Waals surface area (Å²) in [6.45, 7) is -0.0132. The van der Waals surface area contributed by atoms with Crippen molar-refractivity contribution in [2.24, 2.45) is 0 Å². The average Bonchev–Trinajstić information content (AvgIpc) is 2.71. The number of anilines is 1. The normalized spacial score (nSPS) is 12.3. The summed E-state index contributed by atoms with van der Waals surface area (Å²) < 4.78 is 52.0. The number of benzene rings is 2. The van der Waals surface area contributed by atoms with Crippen LogP contribution in [-0.2, 0) is 6.18 Å². The third kappa shape index (κ3) is 4.84. The van der Waals surface area contributed by atoms with Gasteiger partial charge < -0.3 is 10.4 Å². The summed E-state index contributed by atoms with van der Waals surface area (Å²) in [5.74, 6) is -0.380. The van der Waals surface area contributed by atoms with E-state index in [9.17, 15) is 22.7 Å². The molecule has 1 unspecified atom stereocenters. The number of nitrogens with zero attached hydrogens (tertiary/aromatic N) is 3. The first-order valence-corrected chi connectivity index (χ1v) is 8.87. The van der Waals surface area contributed by atoms with Crippen LogP contribution in [0.4, 0.5) is 23.4 Å². The van der Waals surface area contributed by atoms with Gasteiger partial charge >= 0.3 is 6.18 Å². The van der Waals surface area contributed by atoms with Gasteiger partial charge in [0.05, 0.1) is 27.9 Å². The quantitative estimate of drug-likeness (QED) is 0.552. The summed E-state index contributed by atoms with van der Waals surface area (Å²) >= 11 is 5.75. The molecule has 2 aromatic carbocycles. The van der Waals surface area contributed by atoms with Crippen LogP contribution in [0.15, 0.2) is 48.8 Å². The molecular formula is C20H13ClF4N4O. The van der Waals surface area contributed by atoms with Crippen LogP contribution in [0.5, 0.6) is 0 Å². The van der Waals surface area contributed by atoms with E-state index >= 15 is 0 Å². The second-order valence-corrected chi connectivity index (χ2v) is 6.64. The van der Waals surface area contributed by atoms with Gasteiger partial charge in [0.15, 0.2) is 0 Å². The monoisotopic (exact) mass is 436 g/mol. The molecule has 0 fully saturated rings. The number of hydrogen-bond donors (Lipinski definition) is 2. The lowest BCUT2D eigenvalue weighted by molar-refractivity contribution is -0.137.